The van der Waals surface area contributed by atoms with Crippen molar-refractivity contribution in [2.75, 3.05) is 23.7 Å². The van der Waals surface area contributed by atoms with Crippen LogP contribution < -0.4 is 4.90 Å². The van der Waals surface area contributed by atoms with E-state index in [2.05, 4.69) is 0 Å². The number of fused-ring (bicyclic) bond motifs is 1. The smallest absolute Gasteiger partial charge is 0.410 e. The molecule has 4 rings (SSSR count). The predicted octanol–water partition coefficient (Wildman–Crippen LogP) is 3.88. The van der Waals surface area contributed by atoms with Crippen molar-refractivity contribution in [1.82, 2.24) is 4.90 Å². The second-order valence-corrected chi connectivity index (χ2v) is 12.5. The van der Waals surface area contributed by atoms with E-state index in [0.29, 0.717) is 35.7 Å². The van der Waals surface area contributed by atoms with Gasteiger partial charge in [-0.15, -0.1) is 0 Å². The lowest BCUT2D eigenvalue weighted by Crippen LogP contribution is -2.51. The lowest BCUT2D eigenvalue weighted by molar-refractivity contribution is -0.112. The largest absolute Gasteiger partial charge is 0.444 e. The van der Waals surface area contributed by atoms with E-state index in [1.807, 2.05) is 29.2 Å². The van der Waals surface area contributed by atoms with E-state index in [1.165, 1.54) is 4.90 Å². The number of likely N-dealkylation sites (tertiary alicyclic amines) is 1. The van der Waals surface area contributed by atoms with Crippen LogP contribution in [0, 0.1) is 5.92 Å². The highest BCUT2D eigenvalue weighted by Gasteiger charge is 2.38. The van der Waals surface area contributed by atoms with Crippen LogP contribution in [0.5, 0.6) is 0 Å². The number of nitrogens with zero attached hydrogens (tertiary/aromatic N) is 2. The van der Waals surface area contributed by atoms with Gasteiger partial charge < -0.3 is 14.4 Å². The molecule has 0 aromatic heterocycles. The number of anilines is 1. The molecule has 0 saturated carbocycles. The first kappa shape index (κ1) is 25.9. The maximum Gasteiger partial charge on any atom is 0.410 e. The van der Waals surface area contributed by atoms with Crippen molar-refractivity contribution in [3.05, 3.63) is 59.7 Å². The van der Waals surface area contributed by atoms with Gasteiger partial charge in [-0.3, -0.25) is 9.69 Å². The van der Waals surface area contributed by atoms with Crippen LogP contribution in [0.2, 0.25) is 0 Å². The molecule has 9 heteroatoms. The Morgan fingerprint density at radius 1 is 1.06 bits per heavy atom. The number of benzene rings is 2. The van der Waals surface area contributed by atoms with Crippen molar-refractivity contribution >= 4 is 33.7 Å². The molecule has 1 amide bonds. The van der Waals surface area contributed by atoms with Crippen LogP contribution >= 0.6 is 0 Å². The monoisotopic (exact) mass is 512 g/mol. The van der Waals surface area contributed by atoms with Gasteiger partial charge in [0.05, 0.1) is 22.4 Å². The summed E-state index contributed by atoms with van der Waals surface area (Å²) in [5.74, 6) is -0.457. The Hall–Kier alpha value is -3.20. The third-order valence-corrected chi connectivity index (χ3v) is 8.28. The fraction of sp³-hybridized carbons (Fsp3) is 0.444. The molecule has 0 radical (unpaired) electrons. The summed E-state index contributed by atoms with van der Waals surface area (Å²) in [6, 6.07) is 13.3. The van der Waals surface area contributed by atoms with Crippen LogP contribution in [0.4, 0.5) is 10.5 Å². The third kappa shape index (κ3) is 5.61. The predicted molar refractivity (Wildman–Crippen MR) is 136 cm³/mol. The highest BCUT2D eigenvalue weighted by atomic mass is 32.2. The Bertz CT molecular complexity index is 1250. The zero-order chi connectivity index (χ0) is 26.1. The number of hydrogen-bond donors (Lipinski definition) is 0. The summed E-state index contributed by atoms with van der Waals surface area (Å²) >= 11 is 0. The molecule has 2 aromatic carbocycles. The maximum absolute atomic E-state index is 13.4. The molecular weight excluding hydrogens is 480 g/mol. The molecule has 2 heterocycles. The summed E-state index contributed by atoms with van der Waals surface area (Å²) < 4.78 is 30.3. The normalized spacial score (nSPS) is 21.4. The number of carbonyl (C=O) groups excluding carboxylic acids is 3. The summed E-state index contributed by atoms with van der Waals surface area (Å²) in [7, 11) is -3.28. The average molecular weight is 513 g/mol. The van der Waals surface area contributed by atoms with Crippen LogP contribution in [0.15, 0.2) is 53.4 Å². The van der Waals surface area contributed by atoms with Crippen molar-refractivity contribution in [2.24, 2.45) is 5.92 Å². The molecular formula is C27H32N2O6S. The SMILES string of the molecule is CC(C)(C)OC(=O)N1CCC(C=O)CC1C(=O)c1ccc(CN2CCS(=O)(=O)c3ccccc32)cc1. The number of rotatable bonds is 5. The van der Waals surface area contributed by atoms with E-state index in [0.717, 1.165) is 11.8 Å². The van der Waals surface area contributed by atoms with E-state index in [1.54, 1.807) is 45.0 Å². The second kappa shape index (κ2) is 10.0. The van der Waals surface area contributed by atoms with Gasteiger partial charge in [-0.1, -0.05) is 36.4 Å². The van der Waals surface area contributed by atoms with Crippen LogP contribution in [-0.4, -0.2) is 62.0 Å². The Morgan fingerprint density at radius 2 is 1.75 bits per heavy atom. The van der Waals surface area contributed by atoms with Gasteiger partial charge in [-0.25, -0.2) is 13.2 Å². The highest BCUT2D eigenvalue weighted by molar-refractivity contribution is 7.91. The van der Waals surface area contributed by atoms with Gasteiger partial charge in [-0.2, -0.15) is 0 Å². The van der Waals surface area contributed by atoms with E-state index in [9.17, 15) is 22.8 Å². The van der Waals surface area contributed by atoms with Crippen LogP contribution in [-0.2, 0) is 25.9 Å². The van der Waals surface area contributed by atoms with Gasteiger partial charge in [-0.05, 0) is 51.3 Å². The standard InChI is InChI=1S/C27H32N2O6S/c1-27(2,3)35-26(32)29-13-12-20(18-30)16-23(29)25(31)21-10-8-19(9-11-21)17-28-14-15-36(33,34)24-7-5-4-6-22(24)28/h4-11,18,20,23H,12-17H2,1-3H3. The lowest BCUT2D eigenvalue weighted by atomic mass is 9.87. The highest BCUT2D eigenvalue weighted by Crippen LogP contribution is 2.31. The lowest BCUT2D eigenvalue weighted by Gasteiger charge is -2.37. The van der Waals surface area contributed by atoms with Gasteiger partial charge in [0.25, 0.3) is 0 Å². The molecule has 0 N–H and O–H groups in total. The summed E-state index contributed by atoms with van der Waals surface area (Å²) in [5, 5.41) is 0. The molecule has 0 spiro atoms. The Labute approximate surface area is 212 Å². The molecule has 192 valence electrons. The number of Topliss-reactive ketones (excluding diaryl/α,β-unsaturated/α-hetero) is 1. The zero-order valence-electron chi connectivity index (χ0n) is 20.8. The molecule has 0 bridgehead atoms. The van der Waals surface area contributed by atoms with E-state index in [4.69, 9.17) is 4.74 Å². The van der Waals surface area contributed by atoms with E-state index < -0.39 is 27.6 Å². The Kier molecular flexibility index (Phi) is 7.22. The average Bonchev–Trinajstić information content (AvgIpc) is 2.84. The van der Waals surface area contributed by atoms with Gasteiger partial charge in [0, 0.05) is 31.1 Å². The minimum absolute atomic E-state index is 0.0562. The maximum atomic E-state index is 13.4. The number of aldehydes is 1. The first-order chi connectivity index (χ1) is 17.0. The molecule has 8 nitrogen and oxygen atoms in total. The summed E-state index contributed by atoms with van der Waals surface area (Å²) in [5.41, 5.74) is 1.36. The number of piperidine rings is 1. The second-order valence-electron chi connectivity index (χ2n) is 10.4. The minimum atomic E-state index is -3.28. The molecule has 36 heavy (non-hydrogen) atoms. The van der Waals surface area contributed by atoms with Gasteiger partial charge >= 0.3 is 6.09 Å². The number of hydrogen-bond acceptors (Lipinski definition) is 7. The summed E-state index contributed by atoms with van der Waals surface area (Å²) in [6.07, 6.45) is 1.06. The minimum Gasteiger partial charge on any atom is -0.444 e. The van der Waals surface area contributed by atoms with Crippen LogP contribution in [0.3, 0.4) is 0 Å². The van der Waals surface area contributed by atoms with Crippen molar-refractivity contribution in [3.63, 3.8) is 0 Å². The number of sulfone groups is 1. The molecule has 2 aromatic rings. The number of para-hydroxylation sites is 1. The van der Waals surface area contributed by atoms with Crippen LogP contribution in [0.25, 0.3) is 0 Å². The van der Waals surface area contributed by atoms with Crippen molar-refractivity contribution in [3.8, 4) is 0 Å². The molecule has 2 aliphatic heterocycles. The first-order valence-electron chi connectivity index (χ1n) is 12.1. The van der Waals surface area contributed by atoms with Crippen molar-refractivity contribution in [2.45, 2.75) is 56.7 Å². The molecule has 0 aliphatic carbocycles. The first-order valence-corrected chi connectivity index (χ1v) is 13.8. The Morgan fingerprint density at radius 3 is 2.42 bits per heavy atom. The van der Waals surface area contributed by atoms with E-state index >= 15 is 0 Å². The van der Waals surface area contributed by atoms with E-state index in [-0.39, 0.29) is 30.4 Å². The number of ether oxygens (including phenoxy) is 1. The van der Waals surface area contributed by atoms with Crippen molar-refractivity contribution in [1.29, 1.82) is 0 Å². The topological polar surface area (TPSA) is 101 Å². The summed E-state index contributed by atoms with van der Waals surface area (Å²) in [4.78, 5) is 41.5. The van der Waals surface area contributed by atoms with Crippen molar-refractivity contribution < 1.29 is 27.5 Å². The Balaban J connectivity index is 1.51. The fourth-order valence-electron chi connectivity index (χ4n) is 4.70. The molecule has 2 atom stereocenters. The molecule has 1 fully saturated rings. The molecule has 1 saturated heterocycles. The fourth-order valence-corrected chi connectivity index (χ4v) is 6.18. The summed E-state index contributed by atoms with van der Waals surface area (Å²) in [6.45, 7) is 6.49. The number of ketones is 1. The number of carbonyl (C=O) groups is 3. The quantitative estimate of drug-likeness (QED) is 0.443. The van der Waals surface area contributed by atoms with Gasteiger partial charge in [0.2, 0.25) is 0 Å². The molecule has 2 aliphatic rings. The number of amides is 1. The van der Waals surface area contributed by atoms with Gasteiger partial charge in [0.15, 0.2) is 15.6 Å². The van der Waals surface area contributed by atoms with Crippen LogP contribution in [0.1, 0.15) is 49.5 Å². The third-order valence-electron chi connectivity index (χ3n) is 6.55. The van der Waals surface area contributed by atoms with Gasteiger partial charge in [0.1, 0.15) is 11.9 Å². The zero-order valence-corrected chi connectivity index (χ0v) is 21.7. The molecule has 2 unspecified atom stereocenters.